The zero-order chi connectivity index (χ0) is 11.4. The summed E-state index contributed by atoms with van der Waals surface area (Å²) in [7, 11) is 0. The van der Waals surface area contributed by atoms with Gasteiger partial charge >= 0.3 is 5.97 Å². The van der Waals surface area contributed by atoms with Crippen LogP contribution in [0.15, 0.2) is 0 Å². The number of unbranched alkanes of at least 4 members (excludes halogenated alkanes) is 2. The van der Waals surface area contributed by atoms with Gasteiger partial charge in [0.1, 0.15) is 0 Å². The van der Waals surface area contributed by atoms with Crippen molar-refractivity contribution in [3.63, 3.8) is 0 Å². The maximum Gasteiger partial charge on any atom is 0.303 e. The van der Waals surface area contributed by atoms with Crippen molar-refractivity contribution in [3.05, 3.63) is 0 Å². The van der Waals surface area contributed by atoms with Crippen molar-refractivity contribution in [1.29, 1.82) is 0 Å². The van der Waals surface area contributed by atoms with Gasteiger partial charge in [-0.1, -0.05) is 0 Å². The van der Waals surface area contributed by atoms with Crippen molar-refractivity contribution in [2.75, 3.05) is 45.8 Å². The summed E-state index contributed by atoms with van der Waals surface area (Å²) in [5, 5.41) is 8.56. The summed E-state index contributed by atoms with van der Waals surface area (Å²) in [6, 6.07) is 0. The van der Waals surface area contributed by atoms with E-state index in [9.17, 15) is 4.79 Å². The molecule has 0 aromatic rings. The maximum atomic E-state index is 10.4. The van der Waals surface area contributed by atoms with Crippen LogP contribution in [0.3, 0.4) is 0 Å². The molecule has 17 heavy (non-hydrogen) atoms. The quantitative estimate of drug-likeness (QED) is 0.446. The van der Waals surface area contributed by atoms with Crippen LogP contribution in [-0.2, 0) is 4.79 Å². The Hall–Kier alpha value is -0.130. The van der Waals surface area contributed by atoms with Gasteiger partial charge in [-0.2, -0.15) is 0 Å². The summed E-state index contributed by atoms with van der Waals surface area (Å²) in [4.78, 5) is 12.9. The standard InChI is InChI=1S/C12H22N2O2.BrH/c15-12(16)4-2-1-3-8-14-9-5-13(6-10-14)7-11-14;/h1-11H2;1H. The van der Waals surface area contributed by atoms with Gasteiger partial charge in [0.05, 0.1) is 26.2 Å². The van der Waals surface area contributed by atoms with Crippen molar-refractivity contribution in [1.82, 2.24) is 4.90 Å². The topological polar surface area (TPSA) is 40.5 Å². The van der Waals surface area contributed by atoms with Crippen molar-refractivity contribution in [2.24, 2.45) is 0 Å². The molecule has 3 fully saturated rings. The number of piperazine rings is 3. The number of quaternary nitrogens is 1. The number of nitrogens with zero attached hydrogens (tertiary/aromatic N) is 2. The molecule has 0 amide bonds. The fourth-order valence-electron chi connectivity index (χ4n) is 2.97. The first-order valence-electron chi connectivity index (χ1n) is 6.49. The summed E-state index contributed by atoms with van der Waals surface area (Å²) >= 11 is 0. The van der Waals surface area contributed by atoms with E-state index in [1.807, 2.05) is 0 Å². The Bertz CT molecular complexity index is 239. The van der Waals surface area contributed by atoms with E-state index >= 15 is 0 Å². The minimum atomic E-state index is -0.654. The van der Waals surface area contributed by atoms with Crippen LogP contribution in [0.1, 0.15) is 25.7 Å². The number of carboxylic acids is 1. The van der Waals surface area contributed by atoms with Gasteiger partial charge in [0.25, 0.3) is 0 Å². The Balaban J connectivity index is 0.00000144. The second-order valence-electron chi connectivity index (χ2n) is 5.28. The summed E-state index contributed by atoms with van der Waals surface area (Å²) < 4.78 is 1.31. The Morgan fingerprint density at radius 2 is 1.65 bits per heavy atom. The van der Waals surface area contributed by atoms with Gasteiger partial charge in [-0.25, -0.2) is 0 Å². The predicted molar refractivity (Wildman–Crippen MR) is 62.3 cm³/mol. The fourth-order valence-corrected chi connectivity index (χ4v) is 2.97. The van der Waals surface area contributed by atoms with Crippen LogP contribution >= 0.6 is 0 Å². The van der Waals surface area contributed by atoms with Crippen LogP contribution in [0.5, 0.6) is 0 Å². The zero-order valence-electron chi connectivity index (χ0n) is 10.4. The third kappa shape index (κ3) is 4.23. The largest absolute Gasteiger partial charge is 1.00 e. The first kappa shape index (κ1) is 14.9. The van der Waals surface area contributed by atoms with E-state index in [-0.39, 0.29) is 17.0 Å². The molecule has 100 valence electrons. The van der Waals surface area contributed by atoms with Gasteiger partial charge < -0.3 is 26.6 Å². The van der Waals surface area contributed by atoms with Crippen LogP contribution in [0.2, 0.25) is 0 Å². The number of carbonyl (C=O) groups is 1. The molecule has 1 N–H and O–H groups in total. The van der Waals surface area contributed by atoms with Crippen molar-refractivity contribution in [2.45, 2.75) is 25.7 Å². The summed E-state index contributed by atoms with van der Waals surface area (Å²) in [6.07, 6.45) is 3.47. The molecular formula is C12H23BrN2O2. The molecule has 5 heteroatoms. The number of hydrogen-bond acceptors (Lipinski definition) is 2. The molecule has 0 aromatic heterocycles. The molecule has 2 bridgehead atoms. The predicted octanol–water partition coefficient (Wildman–Crippen LogP) is -2.22. The molecule has 0 saturated carbocycles. The molecule has 0 unspecified atom stereocenters. The number of hydrogen-bond donors (Lipinski definition) is 1. The van der Waals surface area contributed by atoms with Crippen LogP contribution in [-0.4, -0.2) is 66.3 Å². The van der Waals surface area contributed by atoms with Gasteiger partial charge in [-0.3, -0.25) is 9.69 Å². The maximum absolute atomic E-state index is 10.4. The summed E-state index contributed by atoms with van der Waals surface area (Å²) in [6.45, 7) is 9.05. The molecular weight excluding hydrogens is 284 g/mol. The number of halogens is 1. The zero-order valence-corrected chi connectivity index (χ0v) is 12.0. The molecule has 0 aromatic carbocycles. The highest BCUT2D eigenvalue weighted by Crippen LogP contribution is 2.20. The van der Waals surface area contributed by atoms with Gasteiger partial charge in [-0.15, -0.1) is 0 Å². The second kappa shape index (κ2) is 6.71. The molecule has 3 rings (SSSR count). The normalized spacial score (nSPS) is 30.9. The van der Waals surface area contributed by atoms with Crippen LogP contribution in [0.25, 0.3) is 0 Å². The molecule has 0 atom stereocenters. The highest BCUT2D eigenvalue weighted by molar-refractivity contribution is 5.66. The molecule has 0 spiro atoms. The van der Waals surface area contributed by atoms with E-state index in [0.717, 1.165) is 12.8 Å². The average molecular weight is 307 g/mol. The van der Waals surface area contributed by atoms with Crippen LogP contribution in [0, 0.1) is 0 Å². The molecule has 0 aliphatic carbocycles. The number of rotatable bonds is 6. The molecule has 3 saturated heterocycles. The molecule has 4 nitrogen and oxygen atoms in total. The lowest BCUT2D eigenvalue weighted by molar-refractivity contribution is -0.941. The number of carboxylic acid groups (broad SMARTS) is 1. The third-order valence-corrected chi connectivity index (χ3v) is 4.19. The van der Waals surface area contributed by atoms with Crippen molar-refractivity contribution in [3.8, 4) is 0 Å². The molecule has 3 aliphatic heterocycles. The first-order chi connectivity index (χ1) is 7.70. The van der Waals surface area contributed by atoms with Gasteiger partial charge in [0.15, 0.2) is 0 Å². The first-order valence-corrected chi connectivity index (χ1v) is 6.49. The van der Waals surface area contributed by atoms with Crippen molar-refractivity contribution < 1.29 is 31.4 Å². The molecule has 0 radical (unpaired) electrons. The number of fused-ring (bicyclic) bond motifs is 3. The van der Waals surface area contributed by atoms with E-state index in [4.69, 9.17) is 5.11 Å². The minimum absolute atomic E-state index is 0. The van der Waals surface area contributed by atoms with Gasteiger partial charge in [0, 0.05) is 26.1 Å². The Morgan fingerprint density at radius 3 is 2.18 bits per heavy atom. The molecule has 3 aliphatic rings. The summed E-state index contributed by atoms with van der Waals surface area (Å²) in [5.41, 5.74) is 0. The van der Waals surface area contributed by atoms with Gasteiger partial charge in [0.2, 0.25) is 0 Å². The van der Waals surface area contributed by atoms with Gasteiger partial charge in [-0.05, 0) is 19.3 Å². The van der Waals surface area contributed by atoms with E-state index < -0.39 is 5.97 Å². The monoisotopic (exact) mass is 306 g/mol. The highest BCUT2D eigenvalue weighted by atomic mass is 79.9. The summed E-state index contributed by atoms with van der Waals surface area (Å²) in [5.74, 6) is -0.654. The van der Waals surface area contributed by atoms with E-state index in [0.29, 0.717) is 6.42 Å². The Labute approximate surface area is 114 Å². The Morgan fingerprint density at radius 1 is 1.06 bits per heavy atom. The lowest BCUT2D eigenvalue weighted by atomic mass is 10.1. The lowest BCUT2D eigenvalue weighted by Crippen LogP contribution is -3.00. The van der Waals surface area contributed by atoms with Crippen molar-refractivity contribution >= 4 is 5.97 Å². The lowest BCUT2D eigenvalue weighted by Gasteiger charge is -2.50. The van der Waals surface area contributed by atoms with Crippen LogP contribution < -0.4 is 17.0 Å². The highest BCUT2D eigenvalue weighted by Gasteiger charge is 2.37. The van der Waals surface area contributed by atoms with Crippen LogP contribution in [0.4, 0.5) is 0 Å². The second-order valence-corrected chi connectivity index (χ2v) is 5.28. The van der Waals surface area contributed by atoms with E-state index in [2.05, 4.69) is 4.90 Å². The number of aliphatic carboxylic acids is 1. The van der Waals surface area contributed by atoms with E-state index in [1.54, 1.807) is 0 Å². The minimum Gasteiger partial charge on any atom is -1.00 e. The fraction of sp³-hybridized carbons (Fsp3) is 0.917. The molecule has 3 heterocycles. The Kier molecular flexibility index (Phi) is 5.89. The third-order valence-electron chi connectivity index (χ3n) is 4.19. The van der Waals surface area contributed by atoms with E-state index in [1.165, 1.54) is 56.7 Å². The smallest absolute Gasteiger partial charge is 0.303 e. The SMILES string of the molecule is O=C(O)CCCCC[N+]12CCN(CC1)CC2.[Br-]. The average Bonchev–Trinajstić information content (AvgIpc) is 2.30.